The summed E-state index contributed by atoms with van der Waals surface area (Å²) in [7, 11) is 2.21. The lowest BCUT2D eigenvalue weighted by atomic mass is 10.1. The summed E-state index contributed by atoms with van der Waals surface area (Å²) in [6, 6.07) is 2.88. The van der Waals surface area contributed by atoms with E-state index in [0.29, 0.717) is 6.04 Å². The SMILES string of the molecule is Cc1ccsc1CCNCCC1CN(C)CCN1. The van der Waals surface area contributed by atoms with Crippen LogP contribution < -0.4 is 10.6 Å². The van der Waals surface area contributed by atoms with E-state index in [2.05, 4.69) is 41.0 Å². The highest BCUT2D eigenvalue weighted by atomic mass is 32.1. The molecular weight excluding hydrogens is 242 g/mol. The van der Waals surface area contributed by atoms with Gasteiger partial charge in [0.2, 0.25) is 0 Å². The van der Waals surface area contributed by atoms with Crippen LogP contribution in [0, 0.1) is 6.92 Å². The van der Waals surface area contributed by atoms with Crippen LogP contribution in [-0.4, -0.2) is 50.7 Å². The largest absolute Gasteiger partial charge is 0.316 e. The summed E-state index contributed by atoms with van der Waals surface area (Å²) < 4.78 is 0. The molecule has 1 fully saturated rings. The third-order valence-electron chi connectivity index (χ3n) is 3.63. The van der Waals surface area contributed by atoms with Crippen LogP contribution in [0.3, 0.4) is 0 Å². The van der Waals surface area contributed by atoms with Crippen molar-refractivity contribution in [1.29, 1.82) is 0 Å². The lowest BCUT2D eigenvalue weighted by Crippen LogP contribution is -2.49. The van der Waals surface area contributed by atoms with E-state index in [-0.39, 0.29) is 0 Å². The van der Waals surface area contributed by atoms with Crippen molar-refractivity contribution in [3.05, 3.63) is 21.9 Å². The Morgan fingerprint density at radius 3 is 3.11 bits per heavy atom. The van der Waals surface area contributed by atoms with Gasteiger partial charge in [-0.15, -0.1) is 11.3 Å². The first-order valence-corrected chi connectivity index (χ1v) is 7.79. The number of nitrogens with zero attached hydrogens (tertiary/aromatic N) is 1. The van der Waals surface area contributed by atoms with Crippen molar-refractivity contribution in [3.63, 3.8) is 0 Å². The number of likely N-dealkylation sites (N-methyl/N-ethyl adjacent to an activating group) is 1. The van der Waals surface area contributed by atoms with E-state index in [1.807, 2.05) is 11.3 Å². The molecule has 1 aromatic rings. The predicted molar refractivity (Wildman–Crippen MR) is 79.5 cm³/mol. The number of rotatable bonds is 6. The van der Waals surface area contributed by atoms with Gasteiger partial charge in [0.05, 0.1) is 0 Å². The average molecular weight is 267 g/mol. The lowest BCUT2D eigenvalue weighted by Gasteiger charge is -2.30. The first kappa shape index (κ1) is 14.0. The number of piperazine rings is 1. The second kappa shape index (κ2) is 7.24. The summed E-state index contributed by atoms with van der Waals surface area (Å²) >= 11 is 1.88. The molecule has 102 valence electrons. The summed E-state index contributed by atoms with van der Waals surface area (Å²) in [6.45, 7) is 7.93. The number of nitrogens with one attached hydrogen (secondary N) is 2. The number of hydrogen-bond donors (Lipinski definition) is 2. The zero-order valence-corrected chi connectivity index (χ0v) is 12.4. The fourth-order valence-corrected chi connectivity index (χ4v) is 3.36. The van der Waals surface area contributed by atoms with Crippen LogP contribution in [0.4, 0.5) is 0 Å². The molecule has 3 nitrogen and oxygen atoms in total. The van der Waals surface area contributed by atoms with Gasteiger partial charge in [-0.05, 0) is 56.9 Å². The minimum atomic E-state index is 0.666. The van der Waals surface area contributed by atoms with Gasteiger partial charge in [-0.25, -0.2) is 0 Å². The maximum absolute atomic E-state index is 3.58. The van der Waals surface area contributed by atoms with Gasteiger partial charge in [0, 0.05) is 30.6 Å². The van der Waals surface area contributed by atoms with E-state index in [0.717, 1.165) is 19.6 Å². The standard InChI is InChI=1S/C14H25N3S/c1-12-5-10-18-14(12)4-7-15-6-3-13-11-17(2)9-8-16-13/h5,10,13,15-16H,3-4,6-9,11H2,1-2H3. The van der Waals surface area contributed by atoms with Gasteiger partial charge in [-0.1, -0.05) is 0 Å². The van der Waals surface area contributed by atoms with Crippen molar-refractivity contribution in [2.24, 2.45) is 0 Å². The van der Waals surface area contributed by atoms with Crippen LogP contribution in [0.1, 0.15) is 16.9 Å². The fraction of sp³-hybridized carbons (Fsp3) is 0.714. The molecule has 0 aromatic carbocycles. The zero-order chi connectivity index (χ0) is 12.8. The van der Waals surface area contributed by atoms with Crippen molar-refractivity contribution < 1.29 is 0 Å². The Morgan fingerprint density at radius 1 is 1.50 bits per heavy atom. The molecule has 1 atom stereocenters. The van der Waals surface area contributed by atoms with Crippen molar-refractivity contribution in [2.45, 2.75) is 25.8 Å². The third kappa shape index (κ3) is 4.35. The summed E-state index contributed by atoms with van der Waals surface area (Å²) in [5.41, 5.74) is 1.44. The molecule has 0 amide bonds. The molecule has 18 heavy (non-hydrogen) atoms. The normalized spacial score (nSPS) is 21.3. The van der Waals surface area contributed by atoms with E-state index in [1.54, 1.807) is 0 Å². The summed E-state index contributed by atoms with van der Waals surface area (Å²) in [6.07, 6.45) is 2.40. The molecule has 1 unspecified atom stereocenters. The number of hydrogen-bond acceptors (Lipinski definition) is 4. The van der Waals surface area contributed by atoms with Gasteiger partial charge in [-0.3, -0.25) is 0 Å². The molecular formula is C14H25N3S. The molecule has 1 saturated heterocycles. The topological polar surface area (TPSA) is 27.3 Å². The fourth-order valence-electron chi connectivity index (χ4n) is 2.45. The van der Waals surface area contributed by atoms with E-state index in [9.17, 15) is 0 Å². The second-order valence-electron chi connectivity index (χ2n) is 5.23. The molecule has 0 aliphatic carbocycles. The number of aryl methyl sites for hydroxylation is 1. The van der Waals surface area contributed by atoms with Crippen molar-refractivity contribution >= 4 is 11.3 Å². The summed E-state index contributed by atoms with van der Waals surface area (Å²) in [4.78, 5) is 3.94. The van der Waals surface area contributed by atoms with Crippen molar-refractivity contribution in [1.82, 2.24) is 15.5 Å². The Morgan fingerprint density at radius 2 is 2.39 bits per heavy atom. The van der Waals surface area contributed by atoms with Gasteiger partial charge < -0.3 is 15.5 Å². The Hall–Kier alpha value is -0.420. The molecule has 0 radical (unpaired) electrons. The summed E-state index contributed by atoms with van der Waals surface area (Å²) in [5, 5.41) is 9.33. The van der Waals surface area contributed by atoms with E-state index < -0.39 is 0 Å². The highest BCUT2D eigenvalue weighted by Gasteiger charge is 2.15. The molecule has 0 saturated carbocycles. The highest BCUT2D eigenvalue weighted by molar-refractivity contribution is 7.10. The Labute approximate surface area is 115 Å². The molecule has 1 aromatic heterocycles. The first-order chi connectivity index (χ1) is 8.75. The van der Waals surface area contributed by atoms with Gasteiger partial charge >= 0.3 is 0 Å². The van der Waals surface area contributed by atoms with Crippen LogP contribution >= 0.6 is 11.3 Å². The molecule has 2 heterocycles. The van der Waals surface area contributed by atoms with Crippen molar-refractivity contribution in [2.75, 3.05) is 39.8 Å². The van der Waals surface area contributed by atoms with Crippen LogP contribution in [0.2, 0.25) is 0 Å². The minimum absolute atomic E-state index is 0.666. The highest BCUT2D eigenvalue weighted by Crippen LogP contribution is 2.15. The molecule has 2 rings (SSSR count). The van der Waals surface area contributed by atoms with Crippen LogP contribution in [-0.2, 0) is 6.42 Å². The average Bonchev–Trinajstić information content (AvgIpc) is 2.75. The monoisotopic (exact) mass is 267 g/mol. The van der Waals surface area contributed by atoms with Gasteiger partial charge in [0.25, 0.3) is 0 Å². The zero-order valence-electron chi connectivity index (χ0n) is 11.5. The van der Waals surface area contributed by atoms with Crippen LogP contribution in [0.15, 0.2) is 11.4 Å². The van der Waals surface area contributed by atoms with E-state index in [1.165, 1.54) is 36.4 Å². The van der Waals surface area contributed by atoms with E-state index >= 15 is 0 Å². The quantitative estimate of drug-likeness (QED) is 0.765. The van der Waals surface area contributed by atoms with E-state index in [4.69, 9.17) is 0 Å². The van der Waals surface area contributed by atoms with Crippen LogP contribution in [0.5, 0.6) is 0 Å². The van der Waals surface area contributed by atoms with Crippen molar-refractivity contribution in [3.8, 4) is 0 Å². The maximum atomic E-state index is 3.58. The van der Waals surface area contributed by atoms with Crippen LogP contribution in [0.25, 0.3) is 0 Å². The molecule has 1 aliphatic heterocycles. The smallest absolute Gasteiger partial charge is 0.0207 e. The van der Waals surface area contributed by atoms with Gasteiger partial charge in [-0.2, -0.15) is 0 Å². The summed E-state index contributed by atoms with van der Waals surface area (Å²) in [5.74, 6) is 0. The Balaban J connectivity index is 1.55. The molecule has 1 aliphatic rings. The lowest BCUT2D eigenvalue weighted by molar-refractivity contribution is 0.231. The van der Waals surface area contributed by atoms with Gasteiger partial charge in [0.15, 0.2) is 0 Å². The molecule has 2 N–H and O–H groups in total. The van der Waals surface area contributed by atoms with Gasteiger partial charge in [0.1, 0.15) is 0 Å². The first-order valence-electron chi connectivity index (χ1n) is 6.91. The third-order valence-corrected chi connectivity index (χ3v) is 4.71. The Kier molecular flexibility index (Phi) is 5.63. The Bertz CT molecular complexity index is 351. The maximum Gasteiger partial charge on any atom is 0.0207 e. The molecule has 4 heteroatoms. The number of thiophene rings is 1. The predicted octanol–water partition coefficient (Wildman–Crippen LogP) is 1.48. The molecule has 0 bridgehead atoms. The molecule has 0 spiro atoms. The second-order valence-corrected chi connectivity index (χ2v) is 6.23. The minimum Gasteiger partial charge on any atom is -0.316 e.